The summed E-state index contributed by atoms with van der Waals surface area (Å²) in [6.07, 6.45) is 3.86. The highest BCUT2D eigenvalue weighted by Crippen LogP contribution is 2.23. The van der Waals surface area contributed by atoms with Crippen molar-refractivity contribution in [2.24, 2.45) is 5.92 Å². The van der Waals surface area contributed by atoms with Crippen LogP contribution in [0.3, 0.4) is 0 Å². The number of carbonyl (C=O) groups is 2. The van der Waals surface area contributed by atoms with Crippen molar-refractivity contribution in [3.05, 3.63) is 72.6 Å². The highest BCUT2D eigenvalue weighted by molar-refractivity contribution is 6.01. The number of benzene rings is 2. The number of anilines is 1. The molecule has 1 unspecified atom stereocenters. The zero-order valence-corrected chi connectivity index (χ0v) is 18.1. The van der Waals surface area contributed by atoms with Gasteiger partial charge in [0.15, 0.2) is 0 Å². The predicted octanol–water partition coefficient (Wildman–Crippen LogP) is 3.89. The molecule has 0 bridgehead atoms. The fourth-order valence-electron chi connectivity index (χ4n) is 3.17. The van der Waals surface area contributed by atoms with Gasteiger partial charge in [0, 0.05) is 35.4 Å². The largest absolute Gasteiger partial charge is 0.497 e. The summed E-state index contributed by atoms with van der Waals surface area (Å²) in [6.45, 7) is 3.76. The fourth-order valence-corrected chi connectivity index (χ4v) is 3.17. The molecule has 0 radical (unpaired) electrons. The zero-order chi connectivity index (χ0) is 22.4. The Morgan fingerprint density at radius 3 is 2.13 bits per heavy atom. The average molecular weight is 421 g/mol. The molecule has 0 saturated carbocycles. The van der Waals surface area contributed by atoms with Crippen LogP contribution in [0.1, 0.15) is 24.2 Å². The van der Waals surface area contributed by atoms with Crippen LogP contribution in [0.25, 0.3) is 5.69 Å². The van der Waals surface area contributed by atoms with E-state index in [0.717, 1.165) is 5.69 Å². The molecule has 0 fully saturated rings. The molecule has 3 aromatic rings. The summed E-state index contributed by atoms with van der Waals surface area (Å²) in [5.74, 6) is 0.202. The van der Waals surface area contributed by atoms with Gasteiger partial charge >= 0.3 is 0 Å². The molecular formula is C24H27N3O4. The first-order valence-electron chi connectivity index (χ1n) is 9.99. The van der Waals surface area contributed by atoms with Crippen LogP contribution in [0.15, 0.2) is 67.0 Å². The molecule has 1 heterocycles. The van der Waals surface area contributed by atoms with Gasteiger partial charge in [-0.15, -0.1) is 0 Å². The van der Waals surface area contributed by atoms with E-state index in [1.54, 1.807) is 18.2 Å². The van der Waals surface area contributed by atoms with E-state index in [4.69, 9.17) is 9.47 Å². The molecular weight excluding hydrogens is 394 g/mol. The first kappa shape index (κ1) is 22.0. The Morgan fingerprint density at radius 2 is 1.55 bits per heavy atom. The van der Waals surface area contributed by atoms with Crippen molar-refractivity contribution >= 4 is 17.5 Å². The minimum atomic E-state index is -0.722. The van der Waals surface area contributed by atoms with Crippen molar-refractivity contribution in [2.45, 2.75) is 19.9 Å². The molecule has 0 saturated heterocycles. The third-order valence-corrected chi connectivity index (χ3v) is 4.87. The van der Waals surface area contributed by atoms with E-state index in [9.17, 15) is 9.59 Å². The molecule has 162 valence electrons. The van der Waals surface area contributed by atoms with Crippen molar-refractivity contribution in [2.75, 3.05) is 19.5 Å². The second kappa shape index (κ2) is 9.84. The number of aromatic nitrogens is 1. The lowest BCUT2D eigenvalue weighted by molar-refractivity contribution is -0.118. The van der Waals surface area contributed by atoms with Crippen LogP contribution in [-0.2, 0) is 4.79 Å². The van der Waals surface area contributed by atoms with Crippen LogP contribution in [0.2, 0.25) is 0 Å². The second-order valence-corrected chi connectivity index (χ2v) is 7.43. The molecule has 0 spiro atoms. The quantitative estimate of drug-likeness (QED) is 0.578. The van der Waals surface area contributed by atoms with Crippen molar-refractivity contribution < 1.29 is 19.1 Å². The van der Waals surface area contributed by atoms with Crippen LogP contribution < -0.4 is 20.1 Å². The van der Waals surface area contributed by atoms with Gasteiger partial charge in [-0.1, -0.05) is 19.9 Å². The van der Waals surface area contributed by atoms with E-state index < -0.39 is 6.04 Å². The molecule has 2 aromatic carbocycles. The van der Waals surface area contributed by atoms with Crippen molar-refractivity contribution in [1.29, 1.82) is 0 Å². The number of ether oxygens (including phenoxy) is 2. The van der Waals surface area contributed by atoms with Crippen LogP contribution in [-0.4, -0.2) is 36.6 Å². The highest BCUT2D eigenvalue weighted by Gasteiger charge is 2.25. The van der Waals surface area contributed by atoms with Gasteiger partial charge in [0.2, 0.25) is 5.91 Å². The van der Waals surface area contributed by atoms with Gasteiger partial charge in [0.05, 0.1) is 14.2 Å². The number of hydrogen-bond acceptors (Lipinski definition) is 4. The maximum Gasteiger partial charge on any atom is 0.252 e. The van der Waals surface area contributed by atoms with E-state index in [2.05, 4.69) is 10.6 Å². The SMILES string of the molecule is COc1cc(OC)cc(C(=O)NC(C(=O)Nc2cccc(-n3cccc3)c2)C(C)C)c1. The summed E-state index contributed by atoms with van der Waals surface area (Å²) >= 11 is 0. The van der Waals surface area contributed by atoms with Gasteiger partial charge < -0.3 is 24.7 Å². The monoisotopic (exact) mass is 421 g/mol. The third-order valence-electron chi connectivity index (χ3n) is 4.87. The molecule has 0 aliphatic rings. The molecule has 7 nitrogen and oxygen atoms in total. The van der Waals surface area contributed by atoms with Crippen molar-refractivity contribution in [1.82, 2.24) is 9.88 Å². The standard InChI is InChI=1S/C24H27N3O4/c1-16(2)22(26-23(28)17-12-20(30-3)15-21(13-17)31-4)24(29)25-18-8-7-9-19(14-18)27-10-5-6-11-27/h5-16,22H,1-4H3,(H,25,29)(H,26,28). The maximum atomic E-state index is 13.0. The smallest absolute Gasteiger partial charge is 0.252 e. The van der Waals surface area contributed by atoms with Gasteiger partial charge in [-0.2, -0.15) is 0 Å². The summed E-state index contributed by atoms with van der Waals surface area (Å²) in [4.78, 5) is 25.8. The number of amides is 2. The first-order valence-corrected chi connectivity index (χ1v) is 9.99. The van der Waals surface area contributed by atoms with E-state index in [1.807, 2.05) is 67.2 Å². The van der Waals surface area contributed by atoms with Crippen LogP contribution in [0.5, 0.6) is 11.5 Å². The lowest BCUT2D eigenvalue weighted by Crippen LogP contribution is -2.47. The molecule has 7 heteroatoms. The molecule has 3 rings (SSSR count). The van der Waals surface area contributed by atoms with Crippen LogP contribution >= 0.6 is 0 Å². The lowest BCUT2D eigenvalue weighted by Gasteiger charge is -2.22. The Bertz CT molecular complexity index is 1020. The molecule has 0 aliphatic heterocycles. The van der Waals surface area contributed by atoms with Crippen LogP contribution in [0.4, 0.5) is 5.69 Å². The number of rotatable bonds is 8. The fraction of sp³-hybridized carbons (Fsp3) is 0.250. The second-order valence-electron chi connectivity index (χ2n) is 7.43. The lowest BCUT2D eigenvalue weighted by atomic mass is 10.0. The Kier molecular flexibility index (Phi) is 6.97. The number of nitrogens with zero attached hydrogens (tertiary/aromatic N) is 1. The Hall–Kier alpha value is -3.74. The Morgan fingerprint density at radius 1 is 0.903 bits per heavy atom. The van der Waals surface area contributed by atoms with Gasteiger partial charge in [0.25, 0.3) is 5.91 Å². The van der Waals surface area contributed by atoms with Gasteiger partial charge in [-0.25, -0.2) is 0 Å². The molecule has 1 atom stereocenters. The molecule has 1 aromatic heterocycles. The summed E-state index contributed by atoms with van der Waals surface area (Å²) in [7, 11) is 3.03. The third kappa shape index (κ3) is 5.45. The Labute approximate surface area is 182 Å². The van der Waals surface area contributed by atoms with Crippen LogP contribution in [0, 0.1) is 5.92 Å². The van der Waals surface area contributed by atoms with Crippen molar-refractivity contribution in [3.63, 3.8) is 0 Å². The molecule has 2 amide bonds. The first-order chi connectivity index (χ1) is 14.9. The number of carbonyl (C=O) groups excluding carboxylic acids is 2. The topological polar surface area (TPSA) is 81.6 Å². The summed E-state index contributed by atoms with van der Waals surface area (Å²) in [5.41, 5.74) is 1.93. The van der Waals surface area contributed by atoms with Gasteiger partial charge in [-0.05, 0) is 48.4 Å². The molecule has 0 aliphatic carbocycles. The van der Waals surface area contributed by atoms with E-state index >= 15 is 0 Å². The van der Waals surface area contributed by atoms with Gasteiger partial charge in [0.1, 0.15) is 17.5 Å². The maximum absolute atomic E-state index is 13.0. The van der Waals surface area contributed by atoms with E-state index in [0.29, 0.717) is 22.7 Å². The summed E-state index contributed by atoms with van der Waals surface area (Å²) < 4.78 is 12.4. The normalized spacial score (nSPS) is 11.6. The van der Waals surface area contributed by atoms with Crippen molar-refractivity contribution in [3.8, 4) is 17.2 Å². The number of hydrogen-bond donors (Lipinski definition) is 2. The minimum Gasteiger partial charge on any atom is -0.497 e. The number of methoxy groups -OCH3 is 2. The average Bonchev–Trinajstić information content (AvgIpc) is 3.31. The highest BCUT2D eigenvalue weighted by atomic mass is 16.5. The number of nitrogens with one attached hydrogen (secondary N) is 2. The minimum absolute atomic E-state index is 0.121. The summed E-state index contributed by atoms with van der Waals surface area (Å²) in [6, 6.07) is 15.6. The Balaban J connectivity index is 1.76. The van der Waals surface area contributed by atoms with Gasteiger partial charge in [-0.3, -0.25) is 9.59 Å². The van der Waals surface area contributed by atoms with E-state index in [-0.39, 0.29) is 17.7 Å². The molecule has 31 heavy (non-hydrogen) atoms. The zero-order valence-electron chi connectivity index (χ0n) is 18.1. The summed E-state index contributed by atoms with van der Waals surface area (Å²) in [5, 5.41) is 5.74. The predicted molar refractivity (Wildman–Crippen MR) is 120 cm³/mol. The molecule has 2 N–H and O–H groups in total. The van der Waals surface area contributed by atoms with E-state index in [1.165, 1.54) is 14.2 Å².